The van der Waals surface area contributed by atoms with Gasteiger partial charge in [-0.25, -0.2) is 0 Å². The second-order valence-electron chi connectivity index (χ2n) is 6.07. The molecule has 1 aliphatic rings. The molecule has 0 fully saturated rings. The number of hydrogen-bond acceptors (Lipinski definition) is 0. The van der Waals surface area contributed by atoms with Gasteiger partial charge < -0.3 is 0 Å². The Morgan fingerprint density at radius 2 is 1.62 bits per heavy atom. The normalized spacial score (nSPS) is 13.3. The highest BCUT2D eigenvalue weighted by Crippen LogP contribution is 2.37. The van der Waals surface area contributed by atoms with Crippen LogP contribution in [0.3, 0.4) is 0 Å². The van der Waals surface area contributed by atoms with Gasteiger partial charge in [0, 0.05) is 0 Å². The summed E-state index contributed by atoms with van der Waals surface area (Å²) in [5.74, 6) is 0. The Bertz CT molecular complexity index is 876. The largest absolute Gasteiger partial charge is 0.0683 e. The van der Waals surface area contributed by atoms with Crippen molar-refractivity contribution in [1.29, 1.82) is 0 Å². The molecule has 0 aliphatic heterocycles. The first-order valence-corrected chi connectivity index (χ1v) is 7.51. The first kappa shape index (κ1) is 12.4. The van der Waals surface area contributed by atoms with Crippen molar-refractivity contribution < 1.29 is 0 Å². The van der Waals surface area contributed by atoms with E-state index in [0.29, 0.717) is 0 Å². The Labute approximate surface area is 125 Å². The summed E-state index contributed by atoms with van der Waals surface area (Å²) in [7, 11) is 0. The Kier molecular flexibility index (Phi) is 2.71. The van der Waals surface area contributed by atoms with Crippen LogP contribution in [0.1, 0.15) is 23.6 Å². The Morgan fingerprint density at radius 3 is 2.52 bits per heavy atom. The molecule has 0 bridgehead atoms. The van der Waals surface area contributed by atoms with Crippen LogP contribution >= 0.6 is 0 Å². The van der Waals surface area contributed by atoms with Crippen LogP contribution in [-0.4, -0.2) is 0 Å². The van der Waals surface area contributed by atoms with Crippen molar-refractivity contribution in [1.82, 2.24) is 0 Å². The zero-order valence-electron chi connectivity index (χ0n) is 12.5. The smallest absolute Gasteiger partial charge is 0.00544 e. The molecule has 0 N–H and O–H groups in total. The second kappa shape index (κ2) is 4.60. The van der Waals surface area contributed by atoms with Gasteiger partial charge in [0.1, 0.15) is 0 Å². The maximum absolute atomic E-state index is 2.34. The fourth-order valence-corrected chi connectivity index (χ4v) is 3.47. The fourth-order valence-electron chi connectivity index (χ4n) is 3.47. The molecule has 3 aromatic carbocycles. The quantitative estimate of drug-likeness (QED) is 0.526. The van der Waals surface area contributed by atoms with Crippen molar-refractivity contribution in [3.8, 4) is 11.1 Å². The van der Waals surface area contributed by atoms with Crippen molar-refractivity contribution in [3.05, 3.63) is 76.9 Å². The third-order valence-corrected chi connectivity index (χ3v) is 4.37. The van der Waals surface area contributed by atoms with E-state index in [1.165, 1.54) is 44.2 Å². The highest BCUT2D eigenvalue weighted by Gasteiger charge is 2.16. The van der Waals surface area contributed by atoms with Gasteiger partial charge in [0.25, 0.3) is 0 Å². The standard InChI is InChI=1S/C21H18/c1-14-10-17-11-15(2)13-21(20(17)12-14)19-9-5-7-16-6-3-4-8-18(16)19/h3-11,13H,12H2,1-2H3. The van der Waals surface area contributed by atoms with Crippen LogP contribution < -0.4 is 0 Å². The van der Waals surface area contributed by atoms with E-state index in [-0.39, 0.29) is 0 Å². The lowest BCUT2D eigenvalue weighted by Gasteiger charge is -2.13. The minimum Gasteiger partial charge on any atom is -0.0683 e. The van der Waals surface area contributed by atoms with Gasteiger partial charge >= 0.3 is 0 Å². The minimum absolute atomic E-state index is 1.08. The molecule has 0 aromatic heterocycles. The second-order valence-corrected chi connectivity index (χ2v) is 6.07. The van der Waals surface area contributed by atoms with Gasteiger partial charge in [-0.2, -0.15) is 0 Å². The van der Waals surface area contributed by atoms with Gasteiger partial charge in [-0.05, 0) is 58.9 Å². The van der Waals surface area contributed by atoms with Crippen molar-refractivity contribution in [3.63, 3.8) is 0 Å². The summed E-state index contributed by atoms with van der Waals surface area (Å²) in [6.07, 6.45) is 3.41. The molecule has 0 amide bonds. The lowest BCUT2D eigenvalue weighted by atomic mass is 9.91. The molecule has 0 nitrogen and oxygen atoms in total. The molecular weight excluding hydrogens is 252 g/mol. The Hall–Kier alpha value is -2.34. The molecule has 0 saturated heterocycles. The van der Waals surface area contributed by atoms with Crippen LogP contribution in [0, 0.1) is 6.92 Å². The predicted octanol–water partition coefficient (Wildman–Crippen LogP) is 5.77. The van der Waals surface area contributed by atoms with Crippen LogP contribution in [0.2, 0.25) is 0 Å². The van der Waals surface area contributed by atoms with Gasteiger partial charge in [-0.3, -0.25) is 0 Å². The minimum atomic E-state index is 1.08. The summed E-state index contributed by atoms with van der Waals surface area (Å²) in [5, 5.41) is 2.66. The Morgan fingerprint density at radius 1 is 0.810 bits per heavy atom. The summed E-state index contributed by atoms with van der Waals surface area (Å²) in [6, 6.07) is 19.9. The van der Waals surface area contributed by atoms with E-state index in [9.17, 15) is 0 Å². The summed E-state index contributed by atoms with van der Waals surface area (Å²) in [5.41, 5.74) is 8.43. The first-order chi connectivity index (χ1) is 10.2. The number of fused-ring (bicyclic) bond motifs is 2. The molecule has 0 radical (unpaired) electrons. The maximum atomic E-state index is 2.34. The number of rotatable bonds is 1. The zero-order valence-corrected chi connectivity index (χ0v) is 12.5. The molecule has 0 saturated carbocycles. The van der Waals surface area contributed by atoms with E-state index < -0.39 is 0 Å². The van der Waals surface area contributed by atoms with Crippen LogP contribution in [0.4, 0.5) is 0 Å². The molecule has 0 heterocycles. The maximum Gasteiger partial charge on any atom is -0.00544 e. The summed E-state index contributed by atoms with van der Waals surface area (Å²) >= 11 is 0. The highest BCUT2D eigenvalue weighted by atomic mass is 14.2. The molecule has 3 aromatic rings. The predicted molar refractivity (Wildman–Crippen MR) is 91.5 cm³/mol. The summed E-state index contributed by atoms with van der Waals surface area (Å²) < 4.78 is 0. The fraction of sp³-hybridized carbons (Fsp3) is 0.143. The average Bonchev–Trinajstić information content (AvgIpc) is 2.86. The van der Waals surface area contributed by atoms with Crippen LogP contribution in [0.15, 0.2) is 60.2 Å². The number of aryl methyl sites for hydroxylation is 1. The molecule has 1 aliphatic carbocycles. The molecule has 102 valence electrons. The van der Waals surface area contributed by atoms with Crippen molar-refractivity contribution >= 4 is 16.8 Å². The number of allylic oxidation sites excluding steroid dienone is 1. The van der Waals surface area contributed by atoms with E-state index in [4.69, 9.17) is 0 Å². The van der Waals surface area contributed by atoms with Crippen molar-refractivity contribution in [2.75, 3.05) is 0 Å². The molecule has 0 spiro atoms. The van der Waals surface area contributed by atoms with Gasteiger partial charge in [0.05, 0.1) is 0 Å². The number of benzene rings is 3. The third-order valence-electron chi connectivity index (χ3n) is 4.37. The van der Waals surface area contributed by atoms with E-state index in [0.717, 1.165) is 6.42 Å². The van der Waals surface area contributed by atoms with E-state index in [2.05, 4.69) is 74.5 Å². The first-order valence-electron chi connectivity index (χ1n) is 7.51. The van der Waals surface area contributed by atoms with Gasteiger partial charge in [0.2, 0.25) is 0 Å². The number of hydrogen-bond donors (Lipinski definition) is 0. The molecular formula is C21H18. The highest BCUT2D eigenvalue weighted by molar-refractivity contribution is 5.98. The molecule has 4 rings (SSSR count). The van der Waals surface area contributed by atoms with E-state index in [1.54, 1.807) is 0 Å². The zero-order chi connectivity index (χ0) is 14.4. The van der Waals surface area contributed by atoms with Crippen LogP contribution in [0.25, 0.3) is 28.0 Å². The van der Waals surface area contributed by atoms with Crippen molar-refractivity contribution in [2.24, 2.45) is 0 Å². The topological polar surface area (TPSA) is 0 Å². The Balaban J connectivity index is 2.04. The van der Waals surface area contributed by atoms with Crippen molar-refractivity contribution in [2.45, 2.75) is 20.3 Å². The summed E-state index contributed by atoms with van der Waals surface area (Å²) in [6.45, 7) is 4.42. The van der Waals surface area contributed by atoms with E-state index >= 15 is 0 Å². The molecule has 0 unspecified atom stereocenters. The SMILES string of the molecule is CC1=Cc2cc(C)cc(-c3cccc4ccccc34)c2C1. The average molecular weight is 270 g/mol. The molecule has 0 heteroatoms. The monoisotopic (exact) mass is 270 g/mol. The lowest BCUT2D eigenvalue weighted by molar-refractivity contribution is 1.19. The van der Waals surface area contributed by atoms with Gasteiger partial charge in [-0.1, -0.05) is 66.2 Å². The molecule has 21 heavy (non-hydrogen) atoms. The van der Waals surface area contributed by atoms with Gasteiger partial charge in [-0.15, -0.1) is 0 Å². The van der Waals surface area contributed by atoms with E-state index in [1.807, 2.05) is 0 Å². The van der Waals surface area contributed by atoms with Gasteiger partial charge in [0.15, 0.2) is 0 Å². The lowest BCUT2D eigenvalue weighted by Crippen LogP contribution is -1.92. The summed E-state index contributed by atoms with van der Waals surface area (Å²) in [4.78, 5) is 0. The van der Waals surface area contributed by atoms with Crippen LogP contribution in [0.5, 0.6) is 0 Å². The molecule has 0 atom stereocenters. The third kappa shape index (κ3) is 1.99. The van der Waals surface area contributed by atoms with Crippen LogP contribution in [-0.2, 0) is 6.42 Å².